The molecule has 1 fully saturated rings. The van der Waals surface area contributed by atoms with E-state index in [0.29, 0.717) is 33.7 Å². The van der Waals surface area contributed by atoms with Crippen molar-refractivity contribution in [2.75, 3.05) is 0 Å². The molecular weight excluding hydrogens is 539 g/mol. The van der Waals surface area contributed by atoms with Crippen LogP contribution in [0.2, 0.25) is 0 Å². The first-order chi connectivity index (χ1) is 19.5. The first-order valence-electron chi connectivity index (χ1n) is 13.4. The number of nitrogens with zero attached hydrogens (tertiary/aromatic N) is 1. The Balaban J connectivity index is 1.65. The van der Waals surface area contributed by atoms with Crippen LogP contribution >= 0.6 is 0 Å². The SMILES string of the molecule is Cc1cc(C2=C(C3CCCCC3)C(=O)N(N)/C(=C\C(C)C(=O)OC=O)N2)ccc1OCc1cccc(C(F)(F)F)c1. The molecule has 1 unspecified atom stereocenters. The number of hydrogen-bond donors (Lipinski definition) is 2. The first-order valence-corrected chi connectivity index (χ1v) is 13.4. The van der Waals surface area contributed by atoms with Crippen LogP contribution in [0.4, 0.5) is 13.2 Å². The third kappa shape index (κ3) is 6.97. The van der Waals surface area contributed by atoms with E-state index in [1.807, 2.05) is 6.07 Å². The largest absolute Gasteiger partial charge is 0.489 e. The van der Waals surface area contributed by atoms with Crippen LogP contribution in [0.5, 0.6) is 5.75 Å². The van der Waals surface area contributed by atoms with E-state index in [4.69, 9.17) is 10.6 Å². The molecule has 8 nitrogen and oxygen atoms in total. The number of nitrogens with two attached hydrogens (primary N) is 1. The topological polar surface area (TPSA) is 111 Å². The second-order valence-electron chi connectivity index (χ2n) is 10.3. The Hall–Kier alpha value is -4.12. The average molecular weight is 572 g/mol. The Morgan fingerprint density at radius 2 is 1.90 bits per heavy atom. The number of carbonyl (C=O) groups is 3. The summed E-state index contributed by atoms with van der Waals surface area (Å²) in [6, 6.07) is 10.3. The zero-order chi connectivity index (χ0) is 29.7. The highest BCUT2D eigenvalue weighted by Gasteiger charge is 2.35. The lowest BCUT2D eigenvalue weighted by Gasteiger charge is -2.35. The third-order valence-electron chi connectivity index (χ3n) is 7.30. The summed E-state index contributed by atoms with van der Waals surface area (Å²) in [5.74, 6) is 4.76. The van der Waals surface area contributed by atoms with Gasteiger partial charge in [0.15, 0.2) is 0 Å². The van der Waals surface area contributed by atoms with Crippen LogP contribution in [-0.2, 0) is 31.9 Å². The number of hydrogen-bond acceptors (Lipinski definition) is 7. The molecular formula is C30H32F3N3O5. The van der Waals surface area contributed by atoms with Crippen LogP contribution < -0.4 is 15.9 Å². The van der Waals surface area contributed by atoms with Crippen LogP contribution in [0, 0.1) is 18.8 Å². The summed E-state index contributed by atoms with van der Waals surface area (Å²) in [6.07, 6.45) is 1.69. The van der Waals surface area contributed by atoms with Crippen molar-refractivity contribution in [3.05, 3.63) is 82.2 Å². The van der Waals surface area contributed by atoms with Crippen molar-refractivity contribution in [2.24, 2.45) is 17.7 Å². The van der Waals surface area contributed by atoms with Gasteiger partial charge in [0.25, 0.3) is 5.91 Å². The second kappa shape index (κ2) is 12.6. The monoisotopic (exact) mass is 571 g/mol. The Bertz CT molecular complexity index is 1380. The van der Waals surface area contributed by atoms with E-state index >= 15 is 0 Å². The maximum absolute atomic E-state index is 13.6. The van der Waals surface area contributed by atoms with Gasteiger partial charge in [-0.05, 0) is 85.7 Å². The number of rotatable bonds is 8. The minimum absolute atomic E-state index is 0.0130. The van der Waals surface area contributed by atoms with Gasteiger partial charge < -0.3 is 14.8 Å². The van der Waals surface area contributed by atoms with E-state index in [1.54, 1.807) is 25.1 Å². The number of halogens is 3. The Morgan fingerprint density at radius 1 is 1.17 bits per heavy atom. The molecule has 2 aliphatic rings. The van der Waals surface area contributed by atoms with Gasteiger partial charge in [0.1, 0.15) is 18.2 Å². The molecule has 1 aliphatic carbocycles. The number of alkyl halides is 3. The number of hydrazine groups is 1. The lowest BCUT2D eigenvalue weighted by molar-refractivity contribution is -0.153. The molecule has 0 saturated heterocycles. The van der Waals surface area contributed by atoms with E-state index < -0.39 is 29.5 Å². The molecule has 1 heterocycles. The normalized spacial score (nSPS) is 18.2. The number of esters is 1. The summed E-state index contributed by atoms with van der Waals surface area (Å²) in [4.78, 5) is 36.2. The fraction of sp³-hybridized carbons (Fsp3) is 0.367. The molecule has 0 bridgehead atoms. The minimum Gasteiger partial charge on any atom is -0.489 e. The van der Waals surface area contributed by atoms with Gasteiger partial charge in [-0.3, -0.25) is 14.4 Å². The number of nitrogens with one attached hydrogen (secondary N) is 1. The van der Waals surface area contributed by atoms with Crippen molar-refractivity contribution in [1.29, 1.82) is 0 Å². The zero-order valence-electron chi connectivity index (χ0n) is 22.8. The van der Waals surface area contributed by atoms with Crippen LogP contribution in [0.15, 0.2) is 59.9 Å². The van der Waals surface area contributed by atoms with Crippen molar-refractivity contribution in [3.63, 3.8) is 0 Å². The molecule has 3 N–H and O–H groups in total. The fourth-order valence-electron chi connectivity index (χ4n) is 5.15. The van der Waals surface area contributed by atoms with Crippen LogP contribution in [0.25, 0.3) is 5.70 Å². The minimum atomic E-state index is -4.44. The smallest absolute Gasteiger partial charge is 0.416 e. The zero-order valence-corrected chi connectivity index (χ0v) is 22.8. The predicted molar refractivity (Wildman–Crippen MR) is 144 cm³/mol. The predicted octanol–water partition coefficient (Wildman–Crippen LogP) is 5.37. The van der Waals surface area contributed by atoms with Crippen LogP contribution in [0.1, 0.15) is 61.3 Å². The molecule has 11 heteroatoms. The summed E-state index contributed by atoms with van der Waals surface area (Å²) >= 11 is 0. The number of amides is 1. The molecule has 0 aromatic heterocycles. The number of benzene rings is 2. The van der Waals surface area contributed by atoms with Crippen LogP contribution in [0.3, 0.4) is 0 Å². The summed E-state index contributed by atoms with van der Waals surface area (Å²) in [5, 5.41) is 4.20. The highest BCUT2D eigenvalue weighted by atomic mass is 19.4. The molecule has 4 rings (SSSR count). The standard InChI is InChI=1S/C30H32F3N3O5/c1-18-13-22(11-12-24(18)40-16-20-7-6-10-23(15-20)30(31,32)33)27-26(21-8-4-3-5-9-21)28(38)36(34)25(35-27)14-19(2)29(39)41-17-37/h6-7,10-15,17,19,21,35H,3-5,8-9,16,34H2,1-2H3/b25-14-. The first kappa shape index (κ1) is 29.9. The van der Waals surface area contributed by atoms with Crippen molar-refractivity contribution in [2.45, 2.75) is 58.7 Å². The number of carbonyl (C=O) groups excluding carboxylic acids is 3. The maximum atomic E-state index is 13.6. The molecule has 1 amide bonds. The summed E-state index contributed by atoms with van der Waals surface area (Å²) < 4.78 is 49.5. The highest BCUT2D eigenvalue weighted by molar-refractivity contribution is 6.04. The fourth-order valence-corrected chi connectivity index (χ4v) is 5.15. The summed E-state index contributed by atoms with van der Waals surface area (Å²) in [5.41, 5.74) is 2.13. The average Bonchev–Trinajstić information content (AvgIpc) is 2.95. The van der Waals surface area contributed by atoms with Crippen LogP contribution in [-0.4, -0.2) is 23.4 Å². The van der Waals surface area contributed by atoms with Gasteiger partial charge in [0.2, 0.25) is 0 Å². The summed E-state index contributed by atoms with van der Waals surface area (Å²) in [6.45, 7) is 3.31. The van der Waals surface area contributed by atoms with Crippen molar-refractivity contribution in [1.82, 2.24) is 10.3 Å². The van der Waals surface area contributed by atoms with Gasteiger partial charge >= 0.3 is 18.6 Å². The molecule has 0 radical (unpaired) electrons. The molecule has 1 atom stereocenters. The lowest BCUT2D eigenvalue weighted by Crippen LogP contribution is -2.48. The molecule has 2 aromatic rings. The molecule has 41 heavy (non-hydrogen) atoms. The maximum Gasteiger partial charge on any atom is 0.416 e. The van der Waals surface area contributed by atoms with Gasteiger partial charge in [-0.1, -0.05) is 31.4 Å². The Kier molecular flexibility index (Phi) is 9.17. The van der Waals surface area contributed by atoms with Gasteiger partial charge in [-0.2, -0.15) is 13.2 Å². The lowest BCUT2D eigenvalue weighted by atomic mass is 9.80. The highest BCUT2D eigenvalue weighted by Crippen LogP contribution is 2.38. The quantitative estimate of drug-likeness (QED) is 0.144. The van der Waals surface area contributed by atoms with E-state index in [2.05, 4.69) is 10.1 Å². The van der Waals surface area contributed by atoms with E-state index in [0.717, 1.165) is 49.2 Å². The van der Waals surface area contributed by atoms with E-state index in [1.165, 1.54) is 19.1 Å². The van der Waals surface area contributed by atoms with Gasteiger partial charge in [0, 0.05) is 5.57 Å². The number of ether oxygens (including phenoxy) is 2. The third-order valence-corrected chi connectivity index (χ3v) is 7.30. The Labute approximate surface area is 235 Å². The second-order valence-corrected chi connectivity index (χ2v) is 10.3. The van der Waals surface area contributed by atoms with E-state index in [-0.39, 0.29) is 24.8 Å². The molecule has 1 saturated carbocycles. The molecule has 1 aliphatic heterocycles. The molecule has 218 valence electrons. The van der Waals surface area contributed by atoms with Gasteiger partial charge in [-0.25, -0.2) is 10.9 Å². The van der Waals surface area contributed by atoms with Crippen molar-refractivity contribution in [3.8, 4) is 5.75 Å². The van der Waals surface area contributed by atoms with Crippen molar-refractivity contribution < 1.29 is 37.0 Å². The summed E-state index contributed by atoms with van der Waals surface area (Å²) in [7, 11) is 0. The Morgan fingerprint density at radius 3 is 2.56 bits per heavy atom. The van der Waals surface area contributed by atoms with Gasteiger partial charge in [0.05, 0.1) is 17.2 Å². The number of aryl methyl sites for hydroxylation is 1. The van der Waals surface area contributed by atoms with E-state index in [9.17, 15) is 27.6 Å². The molecule has 0 spiro atoms. The van der Waals surface area contributed by atoms with Crippen molar-refractivity contribution >= 4 is 24.0 Å². The molecule has 2 aromatic carbocycles. The van der Waals surface area contributed by atoms with Gasteiger partial charge in [-0.15, -0.1) is 0 Å².